The quantitative estimate of drug-likeness (QED) is 0.924. The number of ether oxygens (including phenoxy) is 1. The molecule has 3 heteroatoms. The minimum atomic E-state index is 0.211. The first kappa shape index (κ1) is 13.5. The molecule has 0 aliphatic carbocycles. The number of para-hydroxylation sites is 1. The van der Waals surface area contributed by atoms with Crippen molar-refractivity contribution >= 4 is 11.6 Å². The Hall–Kier alpha value is -1.51. The Bertz CT molecular complexity index is 612. The monoisotopic (exact) mass is 287 g/mol. The van der Waals surface area contributed by atoms with Crippen molar-refractivity contribution in [3.05, 3.63) is 64.2 Å². The molecule has 0 aromatic heterocycles. The van der Waals surface area contributed by atoms with E-state index in [1.165, 1.54) is 11.1 Å². The molecule has 1 aliphatic rings. The highest BCUT2D eigenvalue weighted by atomic mass is 35.5. The predicted octanol–water partition coefficient (Wildman–Crippen LogP) is 3.78. The SMILES string of the molecule is CNC(Cc1ccccc1Cl)c1cccc2c1OCC2. The first-order chi connectivity index (χ1) is 9.79. The summed E-state index contributed by atoms with van der Waals surface area (Å²) >= 11 is 6.27. The van der Waals surface area contributed by atoms with Crippen molar-refractivity contribution in [3.8, 4) is 5.75 Å². The van der Waals surface area contributed by atoms with Gasteiger partial charge in [0.2, 0.25) is 0 Å². The number of benzene rings is 2. The molecule has 2 aromatic rings. The van der Waals surface area contributed by atoms with E-state index in [9.17, 15) is 0 Å². The fourth-order valence-corrected chi connectivity index (χ4v) is 2.98. The first-order valence-electron chi connectivity index (χ1n) is 6.95. The largest absolute Gasteiger partial charge is 0.493 e. The van der Waals surface area contributed by atoms with Crippen molar-refractivity contribution in [1.29, 1.82) is 0 Å². The van der Waals surface area contributed by atoms with E-state index in [0.29, 0.717) is 0 Å². The van der Waals surface area contributed by atoms with E-state index in [1.807, 2.05) is 25.2 Å². The van der Waals surface area contributed by atoms with Crippen LogP contribution in [0.2, 0.25) is 5.02 Å². The van der Waals surface area contributed by atoms with Crippen LogP contribution in [0.4, 0.5) is 0 Å². The van der Waals surface area contributed by atoms with Crippen molar-refractivity contribution in [2.45, 2.75) is 18.9 Å². The number of hydrogen-bond acceptors (Lipinski definition) is 2. The molecule has 1 N–H and O–H groups in total. The molecule has 1 atom stereocenters. The second-order valence-electron chi connectivity index (χ2n) is 5.07. The Labute approximate surface area is 124 Å². The Morgan fingerprint density at radius 2 is 2.05 bits per heavy atom. The lowest BCUT2D eigenvalue weighted by Crippen LogP contribution is -2.19. The molecule has 2 aromatic carbocycles. The van der Waals surface area contributed by atoms with Gasteiger partial charge < -0.3 is 10.1 Å². The lowest BCUT2D eigenvalue weighted by atomic mass is 9.96. The van der Waals surface area contributed by atoms with Crippen LogP contribution in [0.5, 0.6) is 5.75 Å². The third-order valence-corrected chi connectivity index (χ3v) is 4.22. The molecule has 104 valence electrons. The van der Waals surface area contributed by atoms with Gasteiger partial charge in [-0.2, -0.15) is 0 Å². The maximum atomic E-state index is 6.27. The van der Waals surface area contributed by atoms with Gasteiger partial charge in [-0.1, -0.05) is 48.0 Å². The normalized spacial score (nSPS) is 14.7. The number of halogens is 1. The molecule has 0 fully saturated rings. The van der Waals surface area contributed by atoms with E-state index in [0.717, 1.165) is 35.8 Å². The summed E-state index contributed by atoms with van der Waals surface area (Å²) in [6, 6.07) is 14.6. The van der Waals surface area contributed by atoms with Gasteiger partial charge in [0.25, 0.3) is 0 Å². The van der Waals surface area contributed by atoms with Gasteiger partial charge in [-0.3, -0.25) is 0 Å². The highest BCUT2D eigenvalue weighted by Crippen LogP contribution is 2.35. The van der Waals surface area contributed by atoms with Crippen LogP contribution in [-0.2, 0) is 12.8 Å². The van der Waals surface area contributed by atoms with E-state index in [1.54, 1.807) is 0 Å². The van der Waals surface area contributed by atoms with Gasteiger partial charge in [0, 0.05) is 23.0 Å². The molecule has 1 heterocycles. The summed E-state index contributed by atoms with van der Waals surface area (Å²) < 4.78 is 5.81. The Balaban J connectivity index is 1.91. The predicted molar refractivity (Wildman–Crippen MR) is 82.6 cm³/mol. The molecule has 0 saturated heterocycles. The molecule has 0 saturated carbocycles. The van der Waals surface area contributed by atoms with Gasteiger partial charge in [-0.25, -0.2) is 0 Å². The van der Waals surface area contributed by atoms with Crippen molar-refractivity contribution < 1.29 is 4.74 Å². The summed E-state index contributed by atoms with van der Waals surface area (Å²) in [4.78, 5) is 0. The van der Waals surface area contributed by atoms with Gasteiger partial charge in [0.15, 0.2) is 0 Å². The summed E-state index contributed by atoms with van der Waals surface area (Å²) in [5.41, 5.74) is 3.69. The van der Waals surface area contributed by atoms with Gasteiger partial charge in [-0.05, 0) is 30.7 Å². The van der Waals surface area contributed by atoms with Gasteiger partial charge in [-0.15, -0.1) is 0 Å². The molecule has 2 nitrogen and oxygen atoms in total. The van der Waals surface area contributed by atoms with Crippen LogP contribution >= 0.6 is 11.6 Å². The highest BCUT2D eigenvalue weighted by Gasteiger charge is 2.21. The Morgan fingerprint density at radius 3 is 2.85 bits per heavy atom. The zero-order valence-corrected chi connectivity index (χ0v) is 12.3. The lowest BCUT2D eigenvalue weighted by molar-refractivity contribution is 0.349. The van der Waals surface area contributed by atoms with E-state index >= 15 is 0 Å². The smallest absolute Gasteiger partial charge is 0.127 e. The molecule has 0 bridgehead atoms. The highest BCUT2D eigenvalue weighted by molar-refractivity contribution is 6.31. The molecule has 3 rings (SSSR count). The van der Waals surface area contributed by atoms with Crippen LogP contribution in [-0.4, -0.2) is 13.7 Å². The van der Waals surface area contributed by atoms with Crippen molar-refractivity contribution in [2.24, 2.45) is 0 Å². The van der Waals surface area contributed by atoms with E-state index in [2.05, 4.69) is 29.6 Å². The van der Waals surface area contributed by atoms with Crippen LogP contribution in [0.25, 0.3) is 0 Å². The number of rotatable bonds is 4. The maximum Gasteiger partial charge on any atom is 0.127 e. The van der Waals surface area contributed by atoms with Crippen LogP contribution in [0.1, 0.15) is 22.7 Å². The maximum absolute atomic E-state index is 6.27. The first-order valence-corrected chi connectivity index (χ1v) is 7.32. The summed E-state index contributed by atoms with van der Waals surface area (Å²) in [6.07, 6.45) is 1.86. The molecular formula is C17H18ClNO. The van der Waals surface area contributed by atoms with Crippen LogP contribution in [0.3, 0.4) is 0 Å². The molecule has 1 aliphatic heterocycles. The van der Waals surface area contributed by atoms with E-state index < -0.39 is 0 Å². The lowest BCUT2D eigenvalue weighted by Gasteiger charge is -2.20. The average molecular weight is 288 g/mol. The minimum Gasteiger partial charge on any atom is -0.493 e. The number of likely N-dealkylation sites (N-methyl/N-ethyl adjacent to an activating group) is 1. The molecule has 20 heavy (non-hydrogen) atoms. The van der Waals surface area contributed by atoms with Crippen molar-refractivity contribution in [1.82, 2.24) is 5.32 Å². The molecule has 0 amide bonds. The second-order valence-corrected chi connectivity index (χ2v) is 5.48. The minimum absolute atomic E-state index is 0.211. The van der Waals surface area contributed by atoms with Gasteiger partial charge >= 0.3 is 0 Å². The molecular weight excluding hydrogens is 270 g/mol. The summed E-state index contributed by atoms with van der Waals surface area (Å²) in [6.45, 7) is 0.787. The average Bonchev–Trinajstić information content (AvgIpc) is 2.95. The fraction of sp³-hybridized carbons (Fsp3) is 0.294. The fourth-order valence-electron chi connectivity index (χ4n) is 2.77. The Morgan fingerprint density at radius 1 is 1.20 bits per heavy atom. The van der Waals surface area contributed by atoms with Crippen LogP contribution < -0.4 is 10.1 Å². The zero-order valence-electron chi connectivity index (χ0n) is 11.5. The number of fused-ring (bicyclic) bond motifs is 1. The molecule has 1 unspecified atom stereocenters. The van der Waals surface area contributed by atoms with E-state index in [-0.39, 0.29) is 6.04 Å². The number of nitrogens with one attached hydrogen (secondary N) is 1. The van der Waals surface area contributed by atoms with Gasteiger partial charge in [0.05, 0.1) is 6.61 Å². The summed E-state index contributed by atoms with van der Waals surface area (Å²) in [5, 5.41) is 4.21. The van der Waals surface area contributed by atoms with Crippen molar-refractivity contribution in [2.75, 3.05) is 13.7 Å². The van der Waals surface area contributed by atoms with Gasteiger partial charge in [0.1, 0.15) is 5.75 Å². The second kappa shape index (κ2) is 5.86. The third-order valence-electron chi connectivity index (χ3n) is 3.85. The third kappa shape index (κ3) is 2.54. The van der Waals surface area contributed by atoms with Crippen molar-refractivity contribution in [3.63, 3.8) is 0 Å². The molecule has 0 spiro atoms. The summed E-state index contributed by atoms with van der Waals surface area (Å²) in [5.74, 6) is 1.05. The van der Waals surface area contributed by atoms with E-state index in [4.69, 9.17) is 16.3 Å². The van der Waals surface area contributed by atoms with Crippen LogP contribution in [0, 0.1) is 0 Å². The molecule has 0 radical (unpaired) electrons. The standard InChI is InChI=1S/C17H18ClNO/c1-19-16(11-13-5-2-3-8-15(13)18)14-7-4-6-12-9-10-20-17(12)14/h2-8,16,19H,9-11H2,1H3. The number of hydrogen-bond donors (Lipinski definition) is 1. The topological polar surface area (TPSA) is 21.3 Å². The Kier molecular flexibility index (Phi) is 3.95. The van der Waals surface area contributed by atoms with Crippen LogP contribution in [0.15, 0.2) is 42.5 Å². The zero-order chi connectivity index (χ0) is 13.9. The summed E-state index contributed by atoms with van der Waals surface area (Å²) in [7, 11) is 1.98.